The lowest BCUT2D eigenvalue weighted by Crippen LogP contribution is -2.69. The number of carbonyl (C=O) groups excluding carboxylic acids is 2. The quantitative estimate of drug-likeness (QED) is 0.697. The van der Waals surface area contributed by atoms with Crippen LogP contribution in [0.5, 0.6) is 0 Å². The summed E-state index contributed by atoms with van der Waals surface area (Å²) in [5.74, 6) is 0.234. The van der Waals surface area contributed by atoms with Gasteiger partial charge in [-0.1, -0.05) is 6.07 Å². The molecule has 2 aliphatic heterocycles. The first kappa shape index (κ1) is 21.0. The molecule has 0 radical (unpaired) electrons. The molecule has 4 heterocycles. The van der Waals surface area contributed by atoms with Gasteiger partial charge in [-0.3, -0.25) is 14.7 Å². The number of rotatable bonds is 4. The Hall–Kier alpha value is -3.23. The summed E-state index contributed by atoms with van der Waals surface area (Å²) in [6.07, 6.45) is 4.36. The maximum Gasteiger partial charge on any atom is 0.435 e. The largest absolute Gasteiger partial charge is 0.435 e. The molecule has 2 saturated heterocycles. The molecule has 0 aromatic carbocycles. The average molecular weight is 425 g/mol. The number of likely N-dealkylation sites (tertiary alicyclic amines) is 2. The Morgan fingerprint density at radius 2 is 1.84 bits per heavy atom. The van der Waals surface area contributed by atoms with Crippen LogP contribution in [0.25, 0.3) is 11.4 Å². The second-order valence-corrected chi connectivity index (χ2v) is 9.10. The van der Waals surface area contributed by atoms with Crippen LogP contribution in [0.15, 0.2) is 36.7 Å². The van der Waals surface area contributed by atoms with Gasteiger partial charge in [-0.25, -0.2) is 14.8 Å². The fourth-order valence-corrected chi connectivity index (χ4v) is 3.64. The van der Waals surface area contributed by atoms with Gasteiger partial charge >= 0.3 is 6.09 Å². The summed E-state index contributed by atoms with van der Waals surface area (Å²) in [5.41, 5.74) is -0.154. The monoisotopic (exact) mass is 424 g/mol. The van der Waals surface area contributed by atoms with Gasteiger partial charge in [0.1, 0.15) is 5.54 Å². The smallest absolute Gasteiger partial charge is 0.341 e. The highest BCUT2D eigenvalue weighted by atomic mass is 16.7. The lowest BCUT2D eigenvalue weighted by atomic mass is 9.85. The van der Waals surface area contributed by atoms with E-state index in [1.165, 1.54) is 9.96 Å². The van der Waals surface area contributed by atoms with Crippen LogP contribution in [0.3, 0.4) is 0 Å². The van der Waals surface area contributed by atoms with Crippen LogP contribution in [0.4, 0.5) is 10.7 Å². The second-order valence-electron chi connectivity index (χ2n) is 9.10. The van der Waals surface area contributed by atoms with Crippen molar-refractivity contribution in [1.29, 1.82) is 0 Å². The van der Waals surface area contributed by atoms with E-state index in [0.29, 0.717) is 24.4 Å². The van der Waals surface area contributed by atoms with Gasteiger partial charge in [-0.05, 0) is 58.7 Å². The number of hydrogen-bond donors (Lipinski definition) is 0. The van der Waals surface area contributed by atoms with E-state index in [1.54, 1.807) is 30.3 Å². The molecule has 164 valence electrons. The van der Waals surface area contributed by atoms with Crippen molar-refractivity contribution in [2.75, 3.05) is 24.7 Å². The first-order chi connectivity index (χ1) is 14.7. The fourth-order valence-electron chi connectivity index (χ4n) is 3.64. The highest BCUT2D eigenvalue weighted by Gasteiger charge is 2.53. The minimum atomic E-state index is -0.863. The van der Waals surface area contributed by atoms with E-state index in [4.69, 9.17) is 4.84 Å². The van der Waals surface area contributed by atoms with E-state index in [9.17, 15) is 9.59 Å². The summed E-state index contributed by atoms with van der Waals surface area (Å²) in [6.45, 7) is 9.48. The van der Waals surface area contributed by atoms with Crippen molar-refractivity contribution in [3.8, 4) is 11.4 Å². The molecule has 1 unspecified atom stereocenters. The van der Waals surface area contributed by atoms with Crippen molar-refractivity contribution >= 4 is 17.9 Å². The highest BCUT2D eigenvalue weighted by Crippen LogP contribution is 2.35. The third-order valence-corrected chi connectivity index (χ3v) is 5.77. The first-order valence-electron chi connectivity index (χ1n) is 10.5. The van der Waals surface area contributed by atoms with Crippen LogP contribution >= 0.6 is 0 Å². The van der Waals surface area contributed by atoms with Gasteiger partial charge in [-0.2, -0.15) is 5.06 Å². The average Bonchev–Trinajstić information content (AvgIpc) is 2.69. The van der Waals surface area contributed by atoms with E-state index >= 15 is 0 Å². The number of pyridine rings is 1. The SMILES string of the molecule is CC(C)(C)N(OC(=O)N1CCC1(C)C(=O)N1CCC1)c1nccc(-c2ccccn2)n1. The van der Waals surface area contributed by atoms with Gasteiger partial charge in [0.25, 0.3) is 5.95 Å². The Balaban J connectivity index is 1.56. The molecule has 9 nitrogen and oxygen atoms in total. The number of anilines is 1. The van der Waals surface area contributed by atoms with Crippen molar-refractivity contribution in [3.05, 3.63) is 36.7 Å². The van der Waals surface area contributed by atoms with E-state index in [1.807, 2.05) is 39.0 Å². The molecule has 2 aromatic rings. The predicted octanol–water partition coefficient (Wildman–Crippen LogP) is 2.89. The molecule has 0 aliphatic carbocycles. The minimum Gasteiger partial charge on any atom is -0.341 e. The molecule has 2 fully saturated rings. The van der Waals surface area contributed by atoms with Crippen molar-refractivity contribution in [2.45, 2.75) is 51.6 Å². The Labute approximate surface area is 182 Å². The lowest BCUT2D eigenvalue weighted by molar-refractivity contribution is -0.154. The van der Waals surface area contributed by atoms with Gasteiger partial charge < -0.3 is 9.74 Å². The molecule has 0 N–H and O–H groups in total. The van der Waals surface area contributed by atoms with Gasteiger partial charge in [0.15, 0.2) is 0 Å². The molecule has 0 spiro atoms. The zero-order valence-electron chi connectivity index (χ0n) is 18.4. The molecular weight excluding hydrogens is 396 g/mol. The number of amides is 2. The van der Waals surface area contributed by atoms with Crippen molar-refractivity contribution in [3.63, 3.8) is 0 Å². The Morgan fingerprint density at radius 1 is 1.06 bits per heavy atom. The fraction of sp³-hybridized carbons (Fsp3) is 0.500. The topological polar surface area (TPSA) is 91.8 Å². The Bertz CT molecular complexity index is 973. The van der Waals surface area contributed by atoms with Crippen LogP contribution in [0.1, 0.15) is 40.5 Å². The van der Waals surface area contributed by atoms with Gasteiger partial charge in [0, 0.05) is 32.0 Å². The summed E-state index contributed by atoms with van der Waals surface area (Å²) in [6, 6.07) is 7.32. The molecule has 2 aromatic heterocycles. The lowest BCUT2D eigenvalue weighted by Gasteiger charge is -2.51. The van der Waals surface area contributed by atoms with Crippen LogP contribution in [-0.4, -0.2) is 67.5 Å². The van der Waals surface area contributed by atoms with Crippen LogP contribution in [0, 0.1) is 0 Å². The molecular formula is C22H28N6O3. The summed E-state index contributed by atoms with van der Waals surface area (Å²) >= 11 is 0. The van der Waals surface area contributed by atoms with Crippen molar-refractivity contribution in [2.24, 2.45) is 0 Å². The van der Waals surface area contributed by atoms with E-state index < -0.39 is 17.2 Å². The molecule has 0 bridgehead atoms. The molecule has 2 aliphatic rings. The highest BCUT2D eigenvalue weighted by molar-refractivity contribution is 5.91. The summed E-state index contributed by atoms with van der Waals surface area (Å²) in [7, 11) is 0. The van der Waals surface area contributed by atoms with Crippen LogP contribution in [0.2, 0.25) is 0 Å². The molecule has 31 heavy (non-hydrogen) atoms. The van der Waals surface area contributed by atoms with E-state index in [0.717, 1.165) is 19.5 Å². The standard InChI is InChI=1S/C22H28N6O3/c1-21(2,3)28(19-24-12-9-17(25-19)16-8-5-6-11-23-16)31-20(30)27-15-10-22(27,4)18(29)26-13-7-14-26/h5-6,8-9,11-12H,7,10,13-15H2,1-4H3. The third-order valence-electron chi connectivity index (χ3n) is 5.77. The Morgan fingerprint density at radius 3 is 2.39 bits per heavy atom. The normalized spacial score (nSPS) is 20.5. The predicted molar refractivity (Wildman–Crippen MR) is 115 cm³/mol. The van der Waals surface area contributed by atoms with Gasteiger partial charge in [-0.15, -0.1) is 0 Å². The summed E-state index contributed by atoms with van der Waals surface area (Å²) < 4.78 is 0. The second kappa shape index (κ2) is 7.79. The number of hydroxylamine groups is 1. The molecule has 0 saturated carbocycles. The third kappa shape index (κ3) is 3.92. The number of hydrogen-bond acceptors (Lipinski definition) is 7. The first-order valence-corrected chi connectivity index (χ1v) is 10.5. The summed E-state index contributed by atoms with van der Waals surface area (Å²) in [5, 5.41) is 1.40. The number of aromatic nitrogens is 3. The maximum atomic E-state index is 13.1. The number of nitrogens with zero attached hydrogens (tertiary/aromatic N) is 6. The van der Waals surface area contributed by atoms with Crippen LogP contribution in [-0.2, 0) is 9.63 Å². The molecule has 4 rings (SSSR count). The van der Waals surface area contributed by atoms with Gasteiger partial charge in [0.05, 0.1) is 16.9 Å². The van der Waals surface area contributed by atoms with E-state index in [-0.39, 0.29) is 11.9 Å². The van der Waals surface area contributed by atoms with E-state index in [2.05, 4.69) is 15.0 Å². The van der Waals surface area contributed by atoms with Crippen LogP contribution < -0.4 is 5.06 Å². The van der Waals surface area contributed by atoms with Gasteiger partial charge in [0.2, 0.25) is 5.91 Å². The molecule has 1 atom stereocenters. The molecule has 9 heteroatoms. The minimum absolute atomic E-state index is 0.0161. The maximum absolute atomic E-state index is 13.1. The summed E-state index contributed by atoms with van der Waals surface area (Å²) in [4.78, 5) is 48.2. The molecule has 2 amide bonds. The Kier molecular flexibility index (Phi) is 5.28. The zero-order chi connectivity index (χ0) is 22.2. The zero-order valence-corrected chi connectivity index (χ0v) is 18.4. The number of carbonyl (C=O) groups is 2. The van der Waals surface area contributed by atoms with Crippen molar-refractivity contribution < 1.29 is 14.4 Å². The van der Waals surface area contributed by atoms with Crippen molar-refractivity contribution in [1.82, 2.24) is 24.8 Å².